The predicted molar refractivity (Wildman–Crippen MR) is 123 cm³/mol. The van der Waals surface area contributed by atoms with Gasteiger partial charge in [-0.1, -0.05) is 25.5 Å². The van der Waals surface area contributed by atoms with Gasteiger partial charge in [-0.15, -0.1) is 0 Å². The van der Waals surface area contributed by atoms with Crippen molar-refractivity contribution in [3.63, 3.8) is 0 Å². The van der Waals surface area contributed by atoms with Gasteiger partial charge in [-0.3, -0.25) is 9.63 Å². The molecule has 8 unspecified atom stereocenters. The lowest BCUT2D eigenvalue weighted by Gasteiger charge is -2.59. The molecule has 1 aliphatic heterocycles. The van der Waals surface area contributed by atoms with Gasteiger partial charge in [0, 0.05) is 35.8 Å². The first kappa shape index (κ1) is 21.7. The molecular weight excluding hydrogens is 438 g/mol. The minimum atomic E-state index is -1.31. The molecule has 0 bridgehead atoms. The highest BCUT2D eigenvalue weighted by atomic mass is 32.1. The van der Waals surface area contributed by atoms with Crippen LogP contribution in [0.25, 0.3) is 0 Å². The summed E-state index contributed by atoms with van der Waals surface area (Å²) < 4.78 is 0. The van der Waals surface area contributed by atoms with Crippen LogP contribution in [0.15, 0.2) is 40.6 Å². The second-order valence-corrected chi connectivity index (χ2v) is 12.0. The van der Waals surface area contributed by atoms with Crippen molar-refractivity contribution in [3.05, 3.63) is 46.2 Å². The fourth-order valence-electron chi connectivity index (χ4n) is 8.48. The maximum absolute atomic E-state index is 12.9. The Balaban J connectivity index is 1.36. The molecule has 33 heavy (non-hydrogen) atoms. The summed E-state index contributed by atoms with van der Waals surface area (Å²) in [5.41, 5.74) is -0.0708. The molecule has 4 aliphatic carbocycles. The van der Waals surface area contributed by atoms with E-state index in [-0.39, 0.29) is 34.9 Å². The number of allylic oxidation sites excluding steroid dienone is 4. The predicted octanol–water partition coefficient (Wildman–Crippen LogP) is 3.82. The van der Waals surface area contributed by atoms with Crippen LogP contribution in [-0.4, -0.2) is 45.3 Å². The maximum Gasteiger partial charge on any atom is 0.339 e. The molecule has 5 aliphatic rings. The fourth-order valence-corrected chi connectivity index (χ4v) is 9.14. The largest absolute Gasteiger partial charge is 0.479 e. The Morgan fingerprint density at radius 3 is 2.91 bits per heavy atom. The second-order valence-electron chi connectivity index (χ2n) is 11.2. The molecule has 1 saturated heterocycles. The zero-order valence-electron chi connectivity index (χ0n) is 19.1. The minimum Gasteiger partial charge on any atom is -0.479 e. The normalized spacial score (nSPS) is 46.3. The molecule has 1 aromatic heterocycles. The number of hydroxylamine groups is 2. The number of carbonyl (C=O) groups excluding carboxylic acids is 1. The smallest absolute Gasteiger partial charge is 0.339 e. The second kappa shape index (κ2) is 7.11. The first-order valence-corrected chi connectivity index (χ1v) is 12.9. The molecule has 2 N–H and O–H groups in total. The third-order valence-corrected chi connectivity index (χ3v) is 10.5. The summed E-state index contributed by atoms with van der Waals surface area (Å²) in [5.74, 6) is -0.624. The molecule has 8 atom stereocenters. The highest BCUT2D eigenvalue weighted by molar-refractivity contribution is 7.07. The average molecular weight is 470 g/mol. The van der Waals surface area contributed by atoms with Crippen LogP contribution in [0.4, 0.5) is 0 Å². The number of thiophene rings is 1. The summed E-state index contributed by atoms with van der Waals surface area (Å²) in [6.45, 7) is 5.37. The Morgan fingerprint density at radius 1 is 1.36 bits per heavy atom. The molecule has 176 valence electrons. The van der Waals surface area contributed by atoms with Gasteiger partial charge in [-0.05, 0) is 72.1 Å². The zero-order chi connectivity index (χ0) is 23.2. The van der Waals surface area contributed by atoms with Crippen molar-refractivity contribution in [2.45, 2.75) is 57.8 Å². The van der Waals surface area contributed by atoms with Crippen molar-refractivity contribution in [2.75, 3.05) is 6.54 Å². The van der Waals surface area contributed by atoms with Crippen LogP contribution in [0, 0.1) is 34.5 Å². The van der Waals surface area contributed by atoms with Crippen LogP contribution in [0.3, 0.4) is 0 Å². The summed E-state index contributed by atoms with van der Waals surface area (Å²) in [7, 11) is 0. The van der Waals surface area contributed by atoms with E-state index in [9.17, 15) is 19.8 Å². The average Bonchev–Trinajstić information content (AvgIpc) is 3.44. The zero-order valence-corrected chi connectivity index (χ0v) is 19.9. The van der Waals surface area contributed by atoms with E-state index in [1.54, 1.807) is 23.5 Å². The molecule has 0 radical (unpaired) electrons. The Hall–Kier alpha value is -1.80. The van der Waals surface area contributed by atoms with Crippen LogP contribution in [-0.2, 0) is 21.0 Å². The summed E-state index contributed by atoms with van der Waals surface area (Å²) in [6, 6.07) is 2.05. The van der Waals surface area contributed by atoms with E-state index in [4.69, 9.17) is 4.84 Å². The van der Waals surface area contributed by atoms with Crippen molar-refractivity contribution in [2.24, 2.45) is 34.5 Å². The molecule has 0 spiro atoms. The van der Waals surface area contributed by atoms with Gasteiger partial charge >= 0.3 is 5.97 Å². The number of hydrogen-bond acceptors (Lipinski definition) is 6. The van der Waals surface area contributed by atoms with E-state index in [0.29, 0.717) is 19.5 Å². The molecule has 2 heterocycles. The van der Waals surface area contributed by atoms with Crippen molar-refractivity contribution < 1.29 is 24.6 Å². The summed E-state index contributed by atoms with van der Waals surface area (Å²) in [4.78, 5) is 31.3. The number of hydrogen-bond donors (Lipinski definition) is 2. The Morgan fingerprint density at radius 2 is 2.18 bits per heavy atom. The lowest BCUT2D eigenvalue weighted by atomic mass is 9.46. The SMILES string of the molecule is CC12C=CC(=O)C=C1CCC1C2C(O)CC2(C)C1CC1CN(Cc3ccsc3)OC12C(=O)O. The van der Waals surface area contributed by atoms with Gasteiger partial charge < -0.3 is 10.2 Å². The number of aliphatic hydroxyl groups is 1. The van der Waals surface area contributed by atoms with Gasteiger partial charge in [0.05, 0.1) is 6.10 Å². The van der Waals surface area contributed by atoms with Crippen LogP contribution in [0.1, 0.15) is 45.1 Å². The van der Waals surface area contributed by atoms with E-state index in [0.717, 1.165) is 30.4 Å². The highest BCUT2D eigenvalue weighted by Gasteiger charge is 2.76. The monoisotopic (exact) mass is 469 g/mol. The third kappa shape index (κ3) is 2.76. The topological polar surface area (TPSA) is 87.1 Å². The molecule has 7 heteroatoms. The number of carbonyl (C=O) groups is 2. The number of carboxylic acid groups (broad SMARTS) is 1. The van der Waals surface area contributed by atoms with E-state index in [1.165, 1.54) is 0 Å². The van der Waals surface area contributed by atoms with Gasteiger partial charge in [0.25, 0.3) is 0 Å². The van der Waals surface area contributed by atoms with Gasteiger partial charge in [-0.2, -0.15) is 16.4 Å². The fraction of sp³-hybridized carbons (Fsp3) is 0.615. The molecule has 6 nitrogen and oxygen atoms in total. The minimum absolute atomic E-state index is 0.00786. The molecule has 4 fully saturated rings. The van der Waals surface area contributed by atoms with E-state index in [2.05, 4.69) is 12.3 Å². The van der Waals surface area contributed by atoms with E-state index < -0.39 is 23.1 Å². The molecule has 0 aromatic carbocycles. The van der Waals surface area contributed by atoms with Gasteiger partial charge in [-0.25, -0.2) is 4.79 Å². The number of fused-ring (bicyclic) bond motifs is 7. The Kier molecular flexibility index (Phi) is 4.68. The van der Waals surface area contributed by atoms with Crippen LogP contribution < -0.4 is 0 Å². The van der Waals surface area contributed by atoms with Crippen molar-refractivity contribution in [3.8, 4) is 0 Å². The Labute approximate surface area is 197 Å². The number of rotatable bonds is 3. The molecule has 0 amide bonds. The van der Waals surface area contributed by atoms with E-state index in [1.807, 2.05) is 29.5 Å². The van der Waals surface area contributed by atoms with Gasteiger partial charge in [0.1, 0.15) is 0 Å². The standard InChI is InChI=1S/C26H31NO5S/c1-24-7-5-18(28)9-16(24)3-4-19-20-10-17-13-27(12-15-6-8-33-14-15)32-26(17,23(30)31)25(20,2)11-21(29)22(19)24/h5-9,14,17,19-22,29H,3-4,10-13H2,1-2H3,(H,30,31). The van der Waals surface area contributed by atoms with Crippen LogP contribution in [0.5, 0.6) is 0 Å². The molecule has 1 aromatic rings. The van der Waals surface area contributed by atoms with Crippen molar-refractivity contribution in [1.29, 1.82) is 0 Å². The third-order valence-electron chi connectivity index (χ3n) is 9.80. The van der Waals surface area contributed by atoms with E-state index >= 15 is 0 Å². The molecular formula is C26H31NO5S. The lowest BCUT2D eigenvalue weighted by molar-refractivity contribution is -0.262. The van der Waals surface area contributed by atoms with Gasteiger partial charge in [0.15, 0.2) is 11.4 Å². The quantitative estimate of drug-likeness (QED) is 0.700. The first-order valence-electron chi connectivity index (χ1n) is 12.0. The van der Waals surface area contributed by atoms with Crippen molar-refractivity contribution >= 4 is 23.1 Å². The number of nitrogens with zero attached hydrogens (tertiary/aromatic N) is 1. The van der Waals surface area contributed by atoms with Crippen molar-refractivity contribution in [1.82, 2.24) is 5.06 Å². The lowest BCUT2D eigenvalue weighted by Crippen LogP contribution is -2.62. The van der Waals surface area contributed by atoms with Crippen LogP contribution in [0.2, 0.25) is 0 Å². The van der Waals surface area contributed by atoms with Crippen LogP contribution >= 0.6 is 11.3 Å². The summed E-state index contributed by atoms with van der Waals surface area (Å²) >= 11 is 1.63. The number of ketones is 1. The molecule has 6 rings (SSSR count). The maximum atomic E-state index is 12.9. The molecule has 3 saturated carbocycles. The Bertz CT molecular complexity index is 1060. The summed E-state index contributed by atoms with van der Waals surface area (Å²) in [5, 5.41) is 28.1. The number of aliphatic hydroxyl groups excluding tert-OH is 1. The first-order chi connectivity index (χ1) is 15.7. The highest BCUT2D eigenvalue weighted by Crippen LogP contribution is 2.70. The number of aliphatic carboxylic acids is 1. The summed E-state index contributed by atoms with van der Waals surface area (Å²) in [6.07, 6.45) is 7.65. The number of carboxylic acids is 1. The van der Waals surface area contributed by atoms with Gasteiger partial charge in [0.2, 0.25) is 0 Å².